The number of fused-ring (bicyclic) bond motifs is 1. The van der Waals surface area contributed by atoms with Gasteiger partial charge in [0.25, 0.3) is 15.9 Å². The first-order valence-corrected chi connectivity index (χ1v) is 13.4. The minimum Gasteiger partial charge on any atom is -0.507 e. The summed E-state index contributed by atoms with van der Waals surface area (Å²) in [5.74, 6) is 0.144. The van der Waals surface area contributed by atoms with Crippen molar-refractivity contribution in [3.8, 4) is 22.1 Å². The summed E-state index contributed by atoms with van der Waals surface area (Å²) < 4.78 is 33.8. The summed E-state index contributed by atoms with van der Waals surface area (Å²) >= 11 is 1.47. The lowest BCUT2D eigenvalue weighted by atomic mass is 10.1. The smallest absolute Gasteiger partial charge is 0.261 e. The molecular formula is C27H21N3O5S2. The van der Waals surface area contributed by atoms with Crippen molar-refractivity contribution in [1.29, 1.82) is 0 Å². The van der Waals surface area contributed by atoms with Crippen LogP contribution in [0.2, 0.25) is 0 Å². The number of amides is 1. The maximum atomic E-state index is 12.7. The van der Waals surface area contributed by atoms with Gasteiger partial charge in [-0.2, -0.15) is 0 Å². The second kappa shape index (κ2) is 9.92. The molecular weight excluding hydrogens is 510 g/mol. The Morgan fingerprint density at radius 2 is 1.62 bits per heavy atom. The lowest BCUT2D eigenvalue weighted by molar-refractivity contribution is 0.102. The molecule has 0 atom stereocenters. The van der Waals surface area contributed by atoms with Crippen LogP contribution in [0.25, 0.3) is 20.8 Å². The number of nitrogens with zero attached hydrogens (tertiary/aromatic N) is 1. The summed E-state index contributed by atoms with van der Waals surface area (Å²) in [7, 11) is -2.30. The molecule has 1 aromatic heterocycles. The Labute approximate surface area is 217 Å². The summed E-state index contributed by atoms with van der Waals surface area (Å²) in [5.41, 5.74) is 2.48. The average Bonchev–Trinajstić information content (AvgIpc) is 3.33. The van der Waals surface area contributed by atoms with Crippen molar-refractivity contribution in [3.63, 3.8) is 0 Å². The number of carbonyl (C=O) groups is 1. The van der Waals surface area contributed by atoms with Gasteiger partial charge in [-0.3, -0.25) is 9.52 Å². The molecule has 4 aromatic carbocycles. The van der Waals surface area contributed by atoms with Crippen LogP contribution in [0.4, 0.5) is 11.4 Å². The molecule has 5 rings (SSSR count). The van der Waals surface area contributed by atoms with Crippen LogP contribution in [-0.2, 0) is 10.0 Å². The number of nitrogens with one attached hydrogen (secondary N) is 2. The third-order valence-electron chi connectivity index (χ3n) is 5.55. The molecule has 0 saturated carbocycles. The monoisotopic (exact) mass is 531 g/mol. The van der Waals surface area contributed by atoms with Crippen molar-refractivity contribution in [3.05, 3.63) is 96.6 Å². The predicted octanol–water partition coefficient (Wildman–Crippen LogP) is 5.73. The molecule has 0 aliphatic rings. The van der Waals surface area contributed by atoms with E-state index in [0.29, 0.717) is 33.3 Å². The van der Waals surface area contributed by atoms with Crippen molar-refractivity contribution < 1.29 is 23.1 Å². The van der Waals surface area contributed by atoms with Crippen LogP contribution in [0.3, 0.4) is 0 Å². The van der Waals surface area contributed by atoms with Gasteiger partial charge >= 0.3 is 0 Å². The molecule has 8 nitrogen and oxygen atoms in total. The number of rotatable bonds is 7. The molecule has 0 aliphatic carbocycles. The van der Waals surface area contributed by atoms with Gasteiger partial charge in [0, 0.05) is 23.0 Å². The van der Waals surface area contributed by atoms with E-state index in [1.54, 1.807) is 24.3 Å². The summed E-state index contributed by atoms with van der Waals surface area (Å²) in [6, 6.07) is 24.6. The highest BCUT2D eigenvalue weighted by molar-refractivity contribution is 7.92. The van der Waals surface area contributed by atoms with Gasteiger partial charge in [-0.05, 0) is 72.8 Å². The molecule has 0 bridgehead atoms. The van der Waals surface area contributed by atoms with Crippen molar-refractivity contribution >= 4 is 48.9 Å². The fourth-order valence-corrected chi connectivity index (χ4v) is 5.70. The molecule has 37 heavy (non-hydrogen) atoms. The average molecular weight is 532 g/mol. The number of phenolic OH excluding ortho intramolecular Hbond substituents is 1. The third kappa shape index (κ3) is 5.25. The van der Waals surface area contributed by atoms with Crippen LogP contribution in [0, 0.1) is 0 Å². The van der Waals surface area contributed by atoms with Crippen LogP contribution < -0.4 is 14.8 Å². The predicted molar refractivity (Wildman–Crippen MR) is 145 cm³/mol. The van der Waals surface area contributed by atoms with Gasteiger partial charge in [-0.1, -0.05) is 12.1 Å². The standard InChI is InChI=1S/C27H21N3O5S2/c1-35-20-11-13-21(14-12-20)37(33,34)30-18-8-6-17(7-9-18)26(32)28-19-10-15-22(24(31)16-19)27-29-23-4-2-3-5-25(23)36-27/h2-16,30-31H,1H3,(H,28,32). The van der Waals surface area contributed by atoms with E-state index in [1.807, 2.05) is 24.3 Å². The zero-order chi connectivity index (χ0) is 26.0. The molecule has 1 heterocycles. The van der Waals surface area contributed by atoms with Gasteiger partial charge in [0.05, 0.1) is 27.8 Å². The first-order valence-electron chi connectivity index (χ1n) is 11.1. The lowest BCUT2D eigenvalue weighted by Gasteiger charge is -2.10. The van der Waals surface area contributed by atoms with Crippen LogP contribution in [0.1, 0.15) is 10.4 Å². The molecule has 0 aliphatic heterocycles. The number of aromatic hydroxyl groups is 1. The van der Waals surface area contributed by atoms with Crippen molar-refractivity contribution in [2.45, 2.75) is 4.90 Å². The van der Waals surface area contributed by atoms with E-state index < -0.39 is 15.9 Å². The Balaban J connectivity index is 1.26. The Kier molecular flexibility index (Phi) is 6.51. The van der Waals surface area contributed by atoms with Crippen molar-refractivity contribution in [2.24, 2.45) is 0 Å². The number of hydrogen-bond acceptors (Lipinski definition) is 7. The number of methoxy groups -OCH3 is 1. The van der Waals surface area contributed by atoms with E-state index in [9.17, 15) is 18.3 Å². The summed E-state index contributed by atoms with van der Waals surface area (Å²) in [4.78, 5) is 17.4. The van der Waals surface area contributed by atoms with E-state index in [0.717, 1.165) is 10.2 Å². The second-order valence-corrected chi connectivity index (χ2v) is 10.7. The number of benzene rings is 4. The zero-order valence-electron chi connectivity index (χ0n) is 19.5. The highest BCUT2D eigenvalue weighted by Crippen LogP contribution is 2.36. The van der Waals surface area contributed by atoms with E-state index in [2.05, 4.69) is 15.0 Å². The van der Waals surface area contributed by atoms with Crippen LogP contribution >= 0.6 is 11.3 Å². The fourth-order valence-electron chi connectivity index (χ4n) is 3.64. The Morgan fingerprint density at radius 3 is 2.30 bits per heavy atom. The normalized spacial score (nSPS) is 11.3. The van der Waals surface area contributed by atoms with E-state index in [4.69, 9.17) is 4.74 Å². The molecule has 0 saturated heterocycles. The molecule has 5 aromatic rings. The number of para-hydroxylation sites is 1. The van der Waals surface area contributed by atoms with Crippen LogP contribution in [0.15, 0.2) is 95.9 Å². The quantitative estimate of drug-likeness (QED) is 0.247. The minimum atomic E-state index is -3.80. The zero-order valence-corrected chi connectivity index (χ0v) is 21.1. The maximum absolute atomic E-state index is 12.7. The highest BCUT2D eigenvalue weighted by Gasteiger charge is 2.16. The lowest BCUT2D eigenvalue weighted by Crippen LogP contribution is -2.14. The van der Waals surface area contributed by atoms with E-state index in [1.165, 1.54) is 60.9 Å². The van der Waals surface area contributed by atoms with Crippen LogP contribution in [0.5, 0.6) is 11.5 Å². The number of thiazole rings is 1. The summed E-state index contributed by atoms with van der Waals surface area (Å²) in [6.45, 7) is 0. The molecule has 0 spiro atoms. The maximum Gasteiger partial charge on any atom is 0.261 e. The third-order valence-corrected chi connectivity index (χ3v) is 8.02. The number of ether oxygens (including phenoxy) is 1. The van der Waals surface area contributed by atoms with Crippen molar-refractivity contribution in [2.75, 3.05) is 17.1 Å². The van der Waals surface area contributed by atoms with Gasteiger partial charge in [0.2, 0.25) is 0 Å². The largest absolute Gasteiger partial charge is 0.507 e. The summed E-state index contributed by atoms with van der Waals surface area (Å²) in [5, 5.41) is 14.0. The summed E-state index contributed by atoms with van der Waals surface area (Å²) in [6.07, 6.45) is 0. The number of aromatic nitrogens is 1. The first-order chi connectivity index (χ1) is 17.8. The fraction of sp³-hybridized carbons (Fsp3) is 0.0370. The Hall–Kier alpha value is -4.41. The Bertz CT molecular complexity index is 1660. The molecule has 10 heteroatoms. The first kappa shape index (κ1) is 24.3. The SMILES string of the molecule is COc1ccc(S(=O)(=O)Nc2ccc(C(=O)Nc3ccc(-c4nc5ccccc5s4)c(O)c3)cc2)cc1. The number of hydrogen-bond donors (Lipinski definition) is 3. The molecule has 1 amide bonds. The van der Waals surface area contributed by atoms with Crippen molar-refractivity contribution in [1.82, 2.24) is 4.98 Å². The molecule has 0 unspecified atom stereocenters. The van der Waals surface area contributed by atoms with Gasteiger partial charge in [-0.25, -0.2) is 13.4 Å². The molecule has 3 N–H and O–H groups in total. The number of carbonyl (C=O) groups excluding carboxylic acids is 1. The molecule has 0 radical (unpaired) electrons. The highest BCUT2D eigenvalue weighted by atomic mass is 32.2. The van der Waals surface area contributed by atoms with Gasteiger partial charge in [0.1, 0.15) is 16.5 Å². The van der Waals surface area contributed by atoms with Gasteiger partial charge in [0.15, 0.2) is 0 Å². The number of sulfonamides is 1. The second-order valence-electron chi connectivity index (χ2n) is 8.03. The minimum absolute atomic E-state index is 0.000132. The van der Waals surface area contributed by atoms with E-state index in [-0.39, 0.29) is 10.6 Å². The van der Waals surface area contributed by atoms with Gasteiger partial charge < -0.3 is 15.2 Å². The topological polar surface area (TPSA) is 118 Å². The number of phenols is 1. The molecule has 0 fully saturated rings. The molecule has 186 valence electrons. The van der Waals surface area contributed by atoms with Gasteiger partial charge in [-0.15, -0.1) is 11.3 Å². The van der Waals surface area contributed by atoms with Crippen LogP contribution in [-0.4, -0.2) is 31.5 Å². The van der Waals surface area contributed by atoms with E-state index >= 15 is 0 Å². The number of anilines is 2. The Morgan fingerprint density at radius 1 is 0.919 bits per heavy atom.